The Morgan fingerprint density at radius 2 is 0.762 bits per heavy atom. The summed E-state index contributed by atoms with van der Waals surface area (Å²) in [7, 11) is 0. The van der Waals surface area contributed by atoms with E-state index in [0.29, 0.717) is 0 Å². The second-order valence-electron chi connectivity index (χ2n) is 21.1. The van der Waals surface area contributed by atoms with E-state index in [1.165, 1.54) is 0 Å². The molecule has 0 unspecified atom stereocenters. The van der Waals surface area contributed by atoms with Gasteiger partial charge in [-0.2, -0.15) is 0 Å². The number of nitrogens with one attached hydrogen (secondary N) is 2. The van der Waals surface area contributed by atoms with Crippen LogP contribution in [0.4, 0.5) is 0 Å². The quantitative estimate of drug-likeness (QED) is 0.0479. The molecule has 0 spiro atoms. The summed E-state index contributed by atoms with van der Waals surface area (Å²) in [5.74, 6) is -1.55. The Morgan fingerprint density at radius 3 is 1.32 bits per heavy atom. The molecule has 0 radical (unpaired) electrons. The van der Waals surface area contributed by atoms with Gasteiger partial charge in [0.1, 0.15) is 171 Å². The van der Waals surface area contributed by atoms with Crippen LogP contribution < -0.4 is 10.6 Å². The molecule has 7 heterocycles. The molecule has 38 nitrogen and oxygen atoms in total. The van der Waals surface area contributed by atoms with E-state index in [1.807, 2.05) is 0 Å². The van der Waals surface area contributed by atoms with Crippen molar-refractivity contribution in [2.75, 3.05) is 46.2 Å². The lowest BCUT2D eigenvalue weighted by molar-refractivity contribution is -0.384. The second kappa shape index (κ2) is 29.9. The lowest BCUT2D eigenvalue weighted by atomic mass is 9.94. The van der Waals surface area contributed by atoms with Crippen LogP contribution in [0.3, 0.4) is 0 Å². The van der Waals surface area contributed by atoms with E-state index in [-0.39, 0.29) is 0 Å². The highest BCUT2D eigenvalue weighted by molar-refractivity contribution is 5.73. The number of hydrogen-bond acceptors (Lipinski definition) is 36. The first kappa shape index (κ1) is 69.1. The highest BCUT2D eigenvalue weighted by Crippen LogP contribution is 2.37. The summed E-state index contributed by atoms with van der Waals surface area (Å²) in [6.07, 6.45) is -64.2. The maximum atomic E-state index is 12.5. The lowest BCUT2D eigenvalue weighted by Gasteiger charge is -2.49. The molecule has 7 fully saturated rings. The fourth-order valence-electron chi connectivity index (χ4n) is 10.6. The maximum absolute atomic E-state index is 12.5. The van der Waals surface area contributed by atoms with Gasteiger partial charge in [0.25, 0.3) is 0 Å². The van der Waals surface area contributed by atoms with E-state index in [4.69, 9.17) is 61.6 Å². The van der Waals surface area contributed by atoms with Gasteiger partial charge in [-0.05, 0) is 0 Å². The van der Waals surface area contributed by atoms with Crippen LogP contribution in [0.2, 0.25) is 0 Å². The SMILES string of the molecule is CC(=O)N[C@@H]1[C@@H](O)[C@H](O[C@@H]2O[C@H](CO)[C@@H](O[C@@H]3O[C@H](CO[C@H]4O[C@H](CO[C@H]5O[C@H](CO)[C@@H](O)[C@H](O)[C@@H]5O)[C@@H](O)[C@H](O[C@H]5O[C@H](CO)[C@@H](O)[C@H](O)[C@@H]5O[C@H]5O[C@@H]([C@H](O)CO)[C@H](O)[C@H]5O)[C@@H]4O)[C@@H](O)[C@H](O)[C@@H]3O)[C@H](O)[C@H]2NC(C)=O)[C@@H](CO)O[C@H]1O. The van der Waals surface area contributed by atoms with Crippen LogP contribution >= 0.6 is 0 Å². The second-order valence-corrected chi connectivity index (χ2v) is 21.1. The summed E-state index contributed by atoms with van der Waals surface area (Å²) in [5.41, 5.74) is 0. The minimum absolute atomic E-state index is 0.720. The zero-order chi connectivity index (χ0) is 61.9. The molecule has 0 aliphatic carbocycles. The van der Waals surface area contributed by atoms with E-state index in [0.717, 1.165) is 13.8 Å². The van der Waals surface area contributed by atoms with Gasteiger partial charge in [-0.3, -0.25) is 9.59 Å². The zero-order valence-electron chi connectivity index (χ0n) is 44.7. The molecule has 0 saturated carbocycles. The molecule has 0 aromatic heterocycles. The number of hydrogen-bond donors (Lipinski definition) is 23. The third kappa shape index (κ3) is 14.9. The maximum Gasteiger partial charge on any atom is 0.217 e. The summed E-state index contributed by atoms with van der Waals surface area (Å²) in [6, 6.07) is -3.27. The van der Waals surface area contributed by atoms with Gasteiger partial charge in [-0.15, -0.1) is 0 Å². The van der Waals surface area contributed by atoms with Crippen molar-refractivity contribution in [3.63, 3.8) is 0 Å². The number of carbonyl (C=O) groups is 2. The van der Waals surface area contributed by atoms with E-state index >= 15 is 0 Å². The molecular weight excluding hydrogens is 1160 g/mol. The van der Waals surface area contributed by atoms with E-state index < -0.39 is 273 Å². The van der Waals surface area contributed by atoms with Gasteiger partial charge in [-0.1, -0.05) is 0 Å². The van der Waals surface area contributed by atoms with Gasteiger partial charge in [0, 0.05) is 13.8 Å². The highest BCUT2D eigenvalue weighted by Gasteiger charge is 2.58. The zero-order valence-corrected chi connectivity index (χ0v) is 44.7. The van der Waals surface area contributed by atoms with Crippen molar-refractivity contribution in [1.82, 2.24) is 10.6 Å². The van der Waals surface area contributed by atoms with Gasteiger partial charge >= 0.3 is 0 Å². The fraction of sp³-hybridized carbons (Fsp3) is 0.957. The Hall–Kier alpha value is -2.42. The van der Waals surface area contributed by atoms with E-state index in [2.05, 4.69) is 10.6 Å². The molecule has 38 heteroatoms. The van der Waals surface area contributed by atoms with Crippen LogP contribution in [0, 0.1) is 0 Å². The summed E-state index contributed by atoms with van der Waals surface area (Å²) in [6.45, 7) is -4.69. The van der Waals surface area contributed by atoms with Gasteiger partial charge in [0.2, 0.25) is 11.8 Å². The summed E-state index contributed by atoms with van der Waals surface area (Å²) < 4.78 is 74.2. The molecule has 35 atom stereocenters. The smallest absolute Gasteiger partial charge is 0.217 e. The molecule has 0 aromatic rings. The molecule has 7 aliphatic rings. The Morgan fingerprint density at radius 1 is 0.369 bits per heavy atom. The number of amides is 2. The van der Waals surface area contributed by atoms with E-state index in [1.54, 1.807) is 0 Å². The first-order chi connectivity index (χ1) is 39.7. The molecule has 7 saturated heterocycles. The Bertz CT molecular complexity index is 2060. The third-order valence-corrected chi connectivity index (χ3v) is 15.3. The van der Waals surface area contributed by atoms with Crippen LogP contribution in [0.15, 0.2) is 0 Å². The highest BCUT2D eigenvalue weighted by atomic mass is 16.8. The third-order valence-electron chi connectivity index (χ3n) is 15.3. The average molecular weight is 1240 g/mol. The molecular formula is C46H78N2O36. The van der Waals surface area contributed by atoms with Crippen molar-refractivity contribution in [3.05, 3.63) is 0 Å². The first-order valence-electron chi connectivity index (χ1n) is 26.6. The molecule has 2 amide bonds. The van der Waals surface area contributed by atoms with E-state index in [9.17, 15) is 117 Å². The largest absolute Gasteiger partial charge is 0.394 e. The topological polar surface area (TPSA) is 603 Å². The Balaban J connectivity index is 1.11. The van der Waals surface area contributed by atoms with Gasteiger partial charge in [-0.25, -0.2) is 0 Å². The van der Waals surface area contributed by atoms with Crippen LogP contribution in [-0.4, -0.2) is 380 Å². The number of aliphatic hydroxyl groups excluding tert-OH is 21. The van der Waals surface area contributed by atoms with Crippen LogP contribution in [0.5, 0.6) is 0 Å². The van der Waals surface area contributed by atoms with Crippen molar-refractivity contribution in [3.8, 4) is 0 Å². The summed E-state index contributed by atoms with van der Waals surface area (Å²) >= 11 is 0. The molecule has 488 valence electrons. The number of carbonyl (C=O) groups excluding carboxylic acids is 2. The van der Waals surface area contributed by atoms with Crippen LogP contribution in [0.1, 0.15) is 13.8 Å². The molecule has 84 heavy (non-hydrogen) atoms. The number of aliphatic hydroxyl groups is 21. The Labute approximate surface area is 475 Å². The monoisotopic (exact) mass is 1230 g/mol. The normalized spacial score (nSPS) is 49.7. The lowest BCUT2D eigenvalue weighted by Crippen LogP contribution is -2.70. The predicted octanol–water partition coefficient (Wildman–Crippen LogP) is -16.0. The first-order valence-corrected chi connectivity index (χ1v) is 26.6. The van der Waals surface area contributed by atoms with Crippen molar-refractivity contribution in [2.45, 2.75) is 229 Å². The van der Waals surface area contributed by atoms with Crippen molar-refractivity contribution >= 4 is 11.8 Å². The van der Waals surface area contributed by atoms with Crippen LogP contribution in [-0.2, 0) is 71.2 Å². The fourth-order valence-corrected chi connectivity index (χ4v) is 10.6. The Kier molecular flexibility index (Phi) is 24.6. The molecule has 7 aliphatic heterocycles. The van der Waals surface area contributed by atoms with Gasteiger partial charge in [0.15, 0.2) is 44.0 Å². The minimum Gasteiger partial charge on any atom is -0.394 e. The molecule has 0 aromatic carbocycles. The standard InChI is InChI=1S/C46H78N2O36/c1-10(54)47-19-25(61)36(15(6-52)74-40(19)71)81-41-20(48-11(2)55)26(62)37(16(7-53)77-41)82-44-32(68)28(64)23(59)17(79-44)8-73-43-34(70)38(24(60)18(78-43)9-72-42-31(67)27(63)21(57)13(4-50)75-42)83-46-39(29(65)22(58)14(5-51)76-46)84-45-33(69)30(66)35(80-45)12(56)3-49/h12-46,49-53,56-71H,3-9H2,1-2H3,(H,47,54)(H,48,55)/t12-,13-,14-,15-,16-,17-,18-,19-,20-,21-,22-,23-,24-,25-,26-,27+,28+,29+,30-,31+,32+,33-,34+,35+,36-,37-,38+,39+,40-,41+,42+,43+,44+,45-,46-/m1/s1. The molecule has 0 bridgehead atoms. The van der Waals surface area contributed by atoms with Crippen molar-refractivity contribution in [1.29, 1.82) is 0 Å². The summed E-state index contributed by atoms with van der Waals surface area (Å²) in [5, 5.41) is 230. The minimum atomic E-state index is -2.29. The van der Waals surface area contributed by atoms with Crippen molar-refractivity contribution in [2.24, 2.45) is 0 Å². The van der Waals surface area contributed by atoms with Gasteiger partial charge in [0.05, 0.1) is 46.2 Å². The molecule has 23 N–H and O–H groups in total. The predicted molar refractivity (Wildman–Crippen MR) is 255 cm³/mol. The van der Waals surface area contributed by atoms with Crippen LogP contribution in [0.25, 0.3) is 0 Å². The average Bonchev–Trinajstić information content (AvgIpc) is 3.92. The summed E-state index contributed by atoms with van der Waals surface area (Å²) in [4.78, 5) is 24.4. The molecule has 7 rings (SSSR count). The van der Waals surface area contributed by atoms with Gasteiger partial charge < -0.3 is 179 Å². The number of rotatable bonds is 22. The number of ether oxygens (including phenoxy) is 13. The van der Waals surface area contributed by atoms with Crippen molar-refractivity contribution < 1.29 is 178 Å².